The lowest BCUT2D eigenvalue weighted by Crippen LogP contribution is -1.96. The highest BCUT2D eigenvalue weighted by Crippen LogP contribution is 2.05. The molecule has 0 unspecified atom stereocenters. The van der Waals surface area contributed by atoms with Crippen molar-refractivity contribution in [1.82, 2.24) is 0 Å². The molecule has 6 heteroatoms. The molecule has 0 aliphatic heterocycles. The molecule has 0 heterocycles. The molecule has 0 saturated carbocycles. The molecule has 0 radical (unpaired) electrons. The third-order valence-electron chi connectivity index (χ3n) is 1.04. The van der Waals surface area contributed by atoms with E-state index in [0.717, 1.165) is 0 Å². The van der Waals surface area contributed by atoms with Crippen molar-refractivity contribution >= 4 is 27.5 Å². The van der Waals surface area contributed by atoms with Gasteiger partial charge < -0.3 is 0 Å². The van der Waals surface area contributed by atoms with Crippen LogP contribution in [-0.2, 0) is 10.1 Å². The van der Waals surface area contributed by atoms with Crippen molar-refractivity contribution in [2.45, 2.75) is 4.90 Å². The number of rotatable bonds is 1. The summed E-state index contributed by atoms with van der Waals surface area (Å²) in [4.78, 5) is -0.0741. The van der Waals surface area contributed by atoms with Gasteiger partial charge >= 0.3 is 0 Å². The molecule has 0 aliphatic carbocycles. The van der Waals surface area contributed by atoms with Crippen LogP contribution in [0.5, 0.6) is 0 Å². The van der Waals surface area contributed by atoms with E-state index in [1.165, 1.54) is 12.1 Å². The number of thiocarbonyl (C=S) groups is 1. The van der Waals surface area contributed by atoms with Gasteiger partial charge in [0.15, 0.2) is 0 Å². The van der Waals surface area contributed by atoms with Crippen LogP contribution in [0.2, 0.25) is 0 Å². The van der Waals surface area contributed by atoms with E-state index in [1.807, 2.05) is 0 Å². The minimum absolute atomic E-state index is 0.0741. The standard InChI is InChI=1S/C6H6O3S.CHNS/c7-10(8,9)6-4-2-1-3-5-6;2-1-3/h1-5H,(H,7,8,9);2H. The molecule has 1 aromatic carbocycles. The predicted molar refractivity (Wildman–Crippen MR) is 51.6 cm³/mol. The lowest BCUT2D eigenvalue weighted by atomic mass is 10.4. The molecule has 70 valence electrons. The first-order chi connectivity index (χ1) is 6.02. The average molecular weight is 217 g/mol. The van der Waals surface area contributed by atoms with E-state index in [1.54, 1.807) is 23.4 Å². The Morgan fingerprint density at radius 3 is 1.92 bits per heavy atom. The van der Waals surface area contributed by atoms with Crippen molar-refractivity contribution in [2.24, 2.45) is 0 Å². The molecular formula is C7H7NO3S2. The Bertz CT molecular complexity index is 379. The molecule has 0 spiro atoms. The van der Waals surface area contributed by atoms with Crippen molar-refractivity contribution in [1.29, 1.82) is 5.41 Å². The zero-order valence-electron chi connectivity index (χ0n) is 6.47. The number of hydrogen-bond acceptors (Lipinski definition) is 4. The van der Waals surface area contributed by atoms with E-state index >= 15 is 0 Å². The first-order valence-corrected chi connectivity index (χ1v) is 4.93. The minimum Gasteiger partial charge on any atom is -0.282 e. The zero-order valence-corrected chi connectivity index (χ0v) is 8.10. The summed E-state index contributed by atoms with van der Waals surface area (Å²) >= 11 is 3.81. The smallest absolute Gasteiger partial charge is 0.282 e. The molecule has 4 nitrogen and oxygen atoms in total. The molecule has 2 N–H and O–H groups in total. The van der Waals surface area contributed by atoms with Crippen LogP contribution in [-0.4, -0.2) is 18.1 Å². The number of isothiocyanates is 1. The van der Waals surface area contributed by atoms with E-state index in [9.17, 15) is 8.42 Å². The summed E-state index contributed by atoms with van der Waals surface area (Å²) in [5, 5.41) is 7.36. The zero-order chi connectivity index (χ0) is 10.3. The topological polar surface area (TPSA) is 78.2 Å². The highest BCUT2D eigenvalue weighted by molar-refractivity contribution is 7.85. The molecule has 0 saturated heterocycles. The molecule has 0 aliphatic rings. The Morgan fingerprint density at radius 1 is 1.31 bits per heavy atom. The first kappa shape index (κ1) is 11.9. The summed E-state index contributed by atoms with van der Waals surface area (Å²) < 4.78 is 29.2. The van der Waals surface area contributed by atoms with E-state index in [0.29, 0.717) is 0 Å². The Hall–Kier alpha value is -1.07. The Balaban J connectivity index is 0.000000424. The van der Waals surface area contributed by atoms with Crippen molar-refractivity contribution < 1.29 is 13.0 Å². The van der Waals surface area contributed by atoms with Crippen LogP contribution in [0.4, 0.5) is 0 Å². The molecule has 0 bridgehead atoms. The SMILES string of the molecule is N=C=S.O=S(=O)(O)c1ccccc1. The number of benzene rings is 1. The van der Waals surface area contributed by atoms with Crippen LogP contribution < -0.4 is 0 Å². The first-order valence-electron chi connectivity index (χ1n) is 3.08. The third-order valence-corrected chi connectivity index (χ3v) is 1.91. The predicted octanol–water partition coefficient (Wildman–Crippen LogP) is 1.60. The highest BCUT2D eigenvalue weighted by Gasteiger charge is 2.05. The van der Waals surface area contributed by atoms with Crippen LogP contribution in [0.15, 0.2) is 35.2 Å². The van der Waals surface area contributed by atoms with Gasteiger partial charge in [0.2, 0.25) is 0 Å². The van der Waals surface area contributed by atoms with Gasteiger partial charge in [-0.25, -0.2) is 5.41 Å². The van der Waals surface area contributed by atoms with Gasteiger partial charge in [-0.15, -0.1) is 0 Å². The van der Waals surface area contributed by atoms with Crippen molar-refractivity contribution in [3.8, 4) is 0 Å². The maximum absolute atomic E-state index is 10.4. The molecule has 0 amide bonds. The highest BCUT2D eigenvalue weighted by atomic mass is 32.2. The summed E-state index contributed by atoms with van der Waals surface area (Å²) in [5.74, 6) is 0. The van der Waals surface area contributed by atoms with Gasteiger partial charge in [-0.05, 0) is 24.4 Å². The lowest BCUT2D eigenvalue weighted by Gasteiger charge is -1.92. The quantitative estimate of drug-likeness (QED) is 0.425. The molecule has 0 fully saturated rings. The minimum atomic E-state index is -4.00. The Kier molecular flexibility index (Phi) is 5.10. The Morgan fingerprint density at radius 2 is 1.69 bits per heavy atom. The second-order valence-electron chi connectivity index (χ2n) is 1.89. The van der Waals surface area contributed by atoms with Crippen LogP contribution in [0.1, 0.15) is 0 Å². The van der Waals surface area contributed by atoms with Gasteiger partial charge in [-0.3, -0.25) is 4.55 Å². The fourth-order valence-electron chi connectivity index (χ4n) is 0.592. The number of nitrogens with one attached hydrogen (secondary N) is 1. The molecule has 0 aromatic heterocycles. The van der Waals surface area contributed by atoms with Crippen molar-refractivity contribution in [2.75, 3.05) is 0 Å². The van der Waals surface area contributed by atoms with Crippen LogP contribution in [0, 0.1) is 5.41 Å². The van der Waals surface area contributed by atoms with Gasteiger partial charge in [0.25, 0.3) is 10.1 Å². The van der Waals surface area contributed by atoms with E-state index < -0.39 is 10.1 Å². The molecule has 1 rings (SSSR count). The molecule has 13 heavy (non-hydrogen) atoms. The molecular weight excluding hydrogens is 210 g/mol. The molecule has 0 atom stereocenters. The summed E-state index contributed by atoms with van der Waals surface area (Å²) in [6.07, 6.45) is 0. The monoisotopic (exact) mass is 217 g/mol. The van der Waals surface area contributed by atoms with Gasteiger partial charge in [0.1, 0.15) is 0 Å². The summed E-state index contributed by atoms with van der Waals surface area (Å²) in [6.45, 7) is 0. The normalized spacial score (nSPS) is 9.31. The van der Waals surface area contributed by atoms with Gasteiger partial charge in [-0.1, -0.05) is 18.2 Å². The summed E-state index contributed by atoms with van der Waals surface area (Å²) in [7, 11) is -4.00. The van der Waals surface area contributed by atoms with Gasteiger partial charge in [0.05, 0.1) is 10.1 Å². The fraction of sp³-hybridized carbons (Fsp3) is 0. The lowest BCUT2D eigenvalue weighted by molar-refractivity contribution is 0.483. The molecule has 1 aromatic rings. The van der Waals surface area contributed by atoms with Crippen LogP contribution in [0.3, 0.4) is 0 Å². The van der Waals surface area contributed by atoms with Crippen LogP contribution >= 0.6 is 12.2 Å². The van der Waals surface area contributed by atoms with E-state index in [4.69, 9.17) is 9.96 Å². The van der Waals surface area contributed by atoms with Gasteiger partial charge in [-0.2, -0.15) is 8.42 Å². The summed E-state index contributed by atoms with van der Waals surface area (Å²) in [6, 6.07) is 7.42. The van der Waals surface area contributed by atoms with Gasteiger partial charge in [0, 0.05) is 0 Å². The van der Waals surface area contributed by atoms with Crippen molar-refractivity contribution in [3.05, 3.63) is 30.3 Å². The van der Waals surface area contributed by atoms with E-state index in [2.05, 4.69) is 12.2 Å². The summed E-state index contributed by atoms with van der Waals surface area (Å²) in [5.41, 5.74) is 0. The number of hydrogen-bond donors (Lipinski definition) is 2. The second-order valence-corrected chi connectivity index (χ2v) is 3.52. The van der Waals surface area contributed by atoms with Crippen LogP contribution in [0.25, 0.3) is 0 Å². The van der Waals surface area contributed by atoms with E-state index in [-0.39, 0.29) is 4.90 Å². The fourth-order valence-corrected chi connectivity index (χ4v) is 1.09. The average Bonchev–Trinajstić information content (AvgIpc) is 2.06. The maximum Gasteiger partial charge on any atom is 0.294 e. The maximum atomic E-state index is 10.4. The largest absolute Gasteiger partial charge is 0.294 e. The Labute approximate surface area is 81.5 Å². The third kappa shape index (κ3) is 5.21. The van der Waals surface area contributed by atoms with Crippen molar-refractivity contribution in [3.63, 3.8) is 0 Å². The second kappa shape index (κ2) is 5.55.